The molecule has 0 aliphatic heterocycles. The summed E-state index contributed by atoms with van der Waals surface area (Å²) in [7, 11) is 0. The number of hydrogen-bond acceptors (Lipinski definition) is 2. The van der Waals surface area contributed by atoms with Crippen molar-refractivity contribution >= 4 is 23.2 Å². The van der Waals surface area contributed by atoms with Crippen LogP contribution in [0.3, 0.4) is 0 Å². The van der Waals surface area contributed by atoms with Gasteiger partial charge >= 0.3 is 0 Å². The molecular weight excluding hydrogens is 248 g/mol. The van der Waals surface area contributed by atoms with Gasteiger partial charge in [-0.1, -0.05) is 30.9 Å². The fraction of sp³-hybridized carbons (Fsp3) is 0.500. The van der Waals surface area contributed by atoms with Gasteiger partial charge in [0.25, 0.3) is 5.91 Å². The van der Waals surface area contributed by atoms with Crippen LogP contribution in [-0.2, 0) is 0 Å². The van der Waals surface area contributed by atoms with Crippen molar-refractivity contribution in [3.63, 3.8) is 0 Å². The van der Waals surface area contributed by atoms with Crippen molar-refractivity contribution in [2.45, 2.75) is 32.1 Å². The first kappa shape index (κ1) is 13.2. The molecule has 4 heteroatoms. The fourth-order valence-corrected chi connectivity index (χ4v) is 2.53. The maximum atomic E-state index is 11.9. The molecule has 0 heterocycles. The lowest BCUT2D eigenvalue weighted by atomic mass is 9.89. The number of halogens is 1. The molecule has 2 rings (SSSR count). The molecule has 0 saturated heterocycles. The number of nitrogens with one attached hydrogen (secondary N) is 1. The zero-order valence-electron chi connectivity index (χ0n) is 10.4. The summed E-state index contributed by atoms with van der Waals surface area (Å²) in [6.45, 7) is 0.765. The average Bonchev–Trinajstić information content (AvgIpc) is 2.40. The van der Waals surface area contributed by atoms with Crippen LogP contribution in [0.1, 0.15) is 42.5 Å². The van der Waals surface area contributed by atoms with Crippen molar-refractivity contribution in [1.29, 1.82) is 0 Å². The van der Waals surface area contributed by atoms with Gasteiger partial charge in [0.15, 0.2) is 0 Å². The van der Waals surface area contributed by atoms with E-state index >= 15 is 0 Å². The lowest BCUT2D eigenvalue weighted by molar-refractivity contribution is 0.0943. The summed E-state index contributed by atoms with van der Waals surface area (Å²) in [6, 6.07) is 4.99. The second-order valence-electron chi connectivity index (χ2n) is 4.95. The second-order valence-corrected chi connectivity index (χ2v) is 5.36. The summed E-state index contributed by atoms with van der Waals surface area (Å²) in [5, 5.41) is 3.46. The maximum absolute atomic E-state index is 11.9. The zero-order valence-corrected chi connectivity index (χ0v) is 11.2. The third kappa shape index (κ3) is 3.39. The summed E-state index contributed by atoms with van der Waals surface area (Å²) in [4.78, 5) is 11.9. The summed E-state index contributed by atoms with van der Waals surface area (Å²) >= 11 is 5.83. The molecule has 1 aliphatic rings. The molecule has 3 N–H and O–H groups in total. The highest BCUT2D eigenvalue weighted by molar-refractivity contribution is 6.33. The molecule has 1 saturated carbocycles. The van der Waals surface area contributed by atoms with E-state index in [0.717, 1.165) is 6.54 Å². The van der Waals surface area contributed by atoms with Gasteiger partial charge in [0.2, 0.25) is 0 Å². The highest BCUT2D eigenvalue weighted by Crippen LogP contribution is 2.23. The van der Waals surface area contributed by atoms with E-state index in [4.69, 9.17) is 17.3 Å². The van der Waals surface area contributed by atoms with Gasteiger partial charge in [-0.25, -0.2) is 0 Å². The second kappa shape index (κ2) is 6.10. The predicted molar refractivity (Wildman–Crippen MR) is 74.8 cm³/mol. The van der Waals surface area contributed by atoms with Gasteiger partial charge in [-0.3, -0.25) is 4.79 Å². The predicted octanol–water partition coefficient (Wildman–Crippen LogP) is 3.23. The molecule has 0 unspecified atom stereocenters. The molecule has 1 aliphatic carbocycles. The van der Waals surface area contributed by atoms with Crippen LogP contribution in [0.5, 0.6) is 0 Å². The molecule has 0 bridgehead atoms. The number of anilines is 1. The maximum Gasteiger partial charge on any atom is 0.251 e. The van der Waals surface area contributed by atoms with Crippen LogP contribution in [0.2, 0.25) is 5.02 Å². The molecule has 1 aromatic carbocycles. The molecule has 0 atom stereocenters. The summed E-state index contributed by atoms with van der Waals surface area (Å²) in [5.74, 6) is 0.566. The Kier molecular flexibility index (Phi) is 4.48. The Labute approximate surface area is 113 Å². The van der Waals surface area contributed by atoms with E-state index in [-0.39, 0.29) is 5.91 Å². The first-order chi connectivity index (χ1) is 8.66. The van der Waals surface area contributed by atoms with Crippen LogP contribution >= 0.6 is 11.6 Å². The van der Waals surface area contributed by atoms with Gasteiger partial charge in [-0.05, 0) is 37.0 Å². The fourth-order valence-electron chi connectivity index (χ4n) is 2.42. The van der Waals surface area contributed by atoms with Crippen LogP contribution in [0, 0.1) is 5.92 Å². The Morgan fingerprint density at radius 3 is 2.72 bits per heavy atom. The number of rotatable bonds is 3. The Hall–Kier alpha value is -1.22. The highest BCUT2D eigenvalue weighted by atomic mass is 35.5. The quantitative estimate of drug-likeness (QED) is 0.826. The molecule has 18 heavy (non-hydrogen) atoms. The van der Waals surface area contributed by atoms with Gasteiger partial charge in [0.05, 0.1) is 10.7 Å². The van der Waals surface area contributed by atoms with Crippen molar-refractivity contribution in [2.24, 2.45) is 5.92 Å². The smallest absolute Gasteiger partial charge is 0.251 e. The lowest BCUT2D eigenvalue weighted by Crippen LogP contribution is -2.30. The summed E-state index contributed by atoms with van der Waals surface area (Å²) in [6.07, 6.45) is 6.35. The highest BCUT2D eigenvalue weighted by Gasteiger charge is 2.15. The van der Waals surface area contributed by atoms with Gasteiger partial charge < -0.3 is 11.1 Å². The van der Waals surface area contributed by atoms with E-state index < -0.39 is 0 Å². The average molecular weight is 267 g/mol. The van der Waals surface area contributed by atoms with Crippen molar-refractivity contribution < 1.29 is 4.79 Å². The Morgan fingerprint density at radius 2 is 2.06 bits per heavy atom. The molecule has 0 aromatic heterocycles. The van der Waals surface area contributed by atoms with Crippen molar-refractivity contribution in [1.82, 2.24) is 5.32 Å². The molecule has 0 radical (unpaired) electrons. The first-order valence-electron chi connectivity index (χ1n) is 6.50. The number of hydrogen-bond donors (Lipinski definition) is 2. The standard InChI is InChI=1S/C14H19ClN2O/c15-12-7-6-11(8-13(12)16)14(18)17-9-10-4-2-1-3-5-10/h6-8,10H,1-5,9,16H2,(H,17,18). The number of nitrogens with two attached hydrogens (primary N) is 1. The van der Waals surface area contributed by atoms with Gasteiger partial charge in [0.1, 0.15) is 0 Å². The SMILES string of the molecule is Nc1cc(C(=O)NCC2CCCCC2)ccc1Cl. The van der Waals surface area contributed by atoms with Crippen molar-refractivity contribution in [2.75, 3.05) is 12.3 Å². The molecule has 3 nitrogen and oxygen atoms in total. The molecule has 0 spiro atoms. The van der Waals surface area contributed by atoms with E-state index in [2.05, 4.69) is 5.32 Å². The monoisotopic (exact) mass is 266 g/mol. The van der Waals surface area contributed by atoms with Crippen LogP contribution in [0.4, 0.5) is 5.69 Å². The minimum absolute atomic E-state index is 0.0658. The Morgan fingerprint density at radius 1 is 1.33 bits per heavy atom. The van der Waals surface area contributed by atoms with Gasteiger partial charge in [-0.15, -0.1) is 0 Å². The third-order valence-corrected chi connectivity index (χ3v) is 3.88. The Bertz CT molecular complexity index is 428. The minimum atomic E-state index is -0.0658. The molecule has 1 fully saturated rings. The van der Waals surface area contributed by atoms with E-state index in [1.807, 2.05) is 0 Å². The number of carbonyl (C=O) groups is 1. The van der Waals surface area contributed by atoms with E-state index in [0.29, 0.717) is 22.2 Å². The van der Waals surface area contributed by atoms with Gasteiger partial charge in [-0.2, -0.15) is 0 Å². The summed E-state index contributed by atoms with van der Waals surface area (Å²) < 4.78 is 0. The number of nitrogen functional groups attached to an aromatic ring is 1. The number of amides is 1. The largest absolute Gasteiger partial charge is 0.398 e. The molecule has 1 aromatic rings. The Balaban J connectivity index is 1.88. The minimum Gasteiger partial charge on any atom is -0.398 e. The first-order valence-corrected chi connectivity index (χ1v) is 6.88. The third-order valence-electron chi connectivity index (χ3n) is 3.53. The number of carbonyl (C=O) groups excluding carboxylic acids is 1. The van der Waals surface area contributed by atoms with Crippen molar-refractivity contribution in [3.05, 3.63) is 28.8 Å². The molecule has 98 valence electrons. The van der Waals surface area contributed by atoms with Crippen LogP contribution in [0.25, 0.3) is 0 Å². The molecular formula is C14H19ClN2O. The van der Waals surface area contributed by atoms with Gasteiger partial charge in [0, 0.05) is 12.1 Å². The van der Waals surface area contributed by atoms with Crippen LogP contribution in [-0.4, -0.2) is 12.5 Å². The zero-order chi connectivity index (χ0) is 13.0. The van der Waals surface area contributed by atoms with E-state index in [1.165, 1.54) is 32.1 Å². The topological polar surface area (TPSA) is 55.1 Å². The number of benzene rings is 1. The van der Waals surface area contributed by atoms with Crippen LogP contribution in [0.15, 0.2) is 18.2 Å². The summed E-state index contributed by atoms with van der Waals surface area (Å²) in [5.41, 5.74) is 6.71. The van der Waals surface area contributed by atoms with Crippen molar-refractivity contribution in [3.8, 4) is 0 Å². The molecule has 1 amide bonds. The normalized spacial score (nSPS) is 16.5. The lowest BCUT2D eigenvalue weighted by Gasteiger charge is -2.21. The van der Waals surface area contributed by atoms with E-state index in [9.17, 15) is 4.79 Å². The van der Waals surface area contributed by atoms with E-state index in [1.54, 1.807) is 18.2 Å². The van der Waals surface area contributed by atoms with Crippen LogP contribution < -0.4 is 11.1 Å².